The van der Waals surface area contributed by atoms with E-state index in [9.17, 15) is 9.59 Å². The molecule has 1 aromatic heterocycles. The number of ether oxygens (including phenoxy) is 1. The van der Waals surface area contributed by atoms with E-state index in [1.807, 2.05) is 0 Å². The summed E-state index contributed by atoms with van der Waals surface area (Å²) in [6.07, 6.45) is 0. The number of carboxylic acids is 1. The number of hydrogen-bond acceptors (Lipinski definition) is 4. The Hall–Kier alpha value is -2.30. The first-order valence-electron chi connectivity index (χ1n) is 4.47. The molecule has 0 saturated carbocycles. The van der Waals surface area contributed by atoms with Crippen LogP contribution >= 0.6 is 0 Å². The summed E-state index contributed by atoms with van der Waals surface area (Å²) >= 11 is 0. The summed E-state index contributed by atoms with van der Waals surface area (Å²) in [5, 5.41) is 9.48. The standard InChI is InChI=1S/C11H8O5/c1-15-8-4-2-3-6-7(8)5-9(10(12)13)16-11(6)14/h2-5H,1H3,(H,12,13). The van der Waals surface area contributed by atoms with Gasteiger partial charge < -0.3 is 14.3 Å². The molecule has 0 unspecified atom stereocenters. The van der Waals surface area contributed by atoms with Gasteiger partial charge in [0.2, 0.25) is 5.76 Å². The number of carboxylic acid groups (broad SMARTS) is 1. The summed E-state index contributed by atoms with van der Waals surface area (Å²) in [5.74, 6) is -1.25. The largest absolute Gasteiger partial charge is 0.496 e. The quantitative estimate of drug-likeness (QED) is 0.829. The minimum atomic E-state index is -1.29. The van der Waals surface area contributed by atoms with Crippen molar-refractivity contribution in [1.82, 2.24) is 0 Å². The van der Waals surface area contributed by atoms with Crippen molar-refractivity contribution < 1.29 is 19.1 Å². The van der Waals surface area contributed by atoms with Crippen LogP contribution in [0.2, 0.25) is 0 Å². The zero-order chi connectivity index (χ0) is 11.7. The molecular formula is C11H8O5. The topological polar surface area (TPSA) is 76.7 Å². The summed E-state index contributed by atoms with van der Waals surface area (Å²) in [6, 6.07) is 6.11. The Bertz CT molecular complexity index is 611. The summed E-state index contributed by atoms with van der Waals surface area (Å²) in [7, 11) is 1.45. The summed E-state index contributed by atoms with van der Waals surface area (Å²) < 4.78 is 9.68. The third-order valence-electron chi connectivity index (χ3n) is 2.19. The summed E-state index contributed by atoms with van der Waals surface area (Å²) in [6.45, 7) is 0. The van der Waals surface area contributed by atoms with Crippen molar-refractivity contribution in [3.05, 3.63) is 40.4 Å². The van der Waals surface area contributed by atoms with Crippen molar-refractivity contribution in [1.29, 1.82) is 0 Å². The van der Waals surface area contributed by atoms with E-state index in [1.165, 1.54) is 13.2 Å². The minimum absolute atomic E-state index is 0.296. The Labute approximate surface area is 89.9 Å². The van der Waals surface area contributed by atoms with Crippen LogP contribution in [0.3, 0.4) is 0 Å². The minimum Gasteiger partial charge on any atom is -0.496 e. The maximum atomic E-state index is 11.5. The second kappa shape index (κ2) is 3.69. The number of carbonyl (C=O) groups is 1. The molecule has 0 aliphatic heterocycles. The van der Waals surface area contributed by atoms with Crippen LogP contribution in [0.5, 0.6) is 5.75 Å². The summed E-state index contributed by atoms with van der Waals surface area (Å²) in [5.41, 5.74) is -0.686. The molecule has 0 aliphatic carbocycles. The zero-order valence-corrected chi connectivity index (χ0v) is 8.39. The molecule has 5 nitrogen and oxygen atoms in total. The maximum absolute atomic E-state index is 11.5. The van der Waals surface area contributed by atoms with Crippen molar-refractivity contribution in [3.63, 3.8) is 0 Å². The predicted octanol–water partition coefficient (Wildman–Crippen LogP) is 1.50. The van der Waals surface area contributed by atoms with Crippen LogP contribution in [0, 0.1) is 0 Å². The average Bonchev–Trinajstić information content (AvgIpc) is 2.28. The highest BCUT2D eigenvalue weighted by atomic mass is 16.5. The van der Waals surface area contributed by atoms with Gasteiger partial charge in [0.05, 0.1) is 12.5 Å². The molecule has 1 N–H and O–H groups in total. The lowest BCUT2D eigenvalue weighted by molar-refractivity contribution is 0.0658. The van der Waals surface area contributed by atoms with Gasteiger partial charge in [0, 0.05) is 11.5 Å². The van der Waals surface area contributed by atoms with E-state index in [2.05, 4.69) is 4.42 Å². The molecule has 0 atom stereocenters. The highest BCUT2D eigenvalue weighted by molar-refractivity contribution is 5.93. The first kappa shape index (κ1) is 10.2. The monoisotopic (exact) mass is 220 g/mol. The fraction of sp³-hybridized carbons (Fsp3) is 0.0909. The van der Waals surface area contributed by atoms with Gasteiger partial charge in [-0.05, 0) is 12.1 Å². The van der Waals surface area contributed by atoms with Crippen molar-refractivity contribution in [2.45, 2.75) is 0 Å². The molecule has 0 aliphatic rings. The van der Waals surface area contributed by atoms with Crippen LogP contribution in [0.4, 0.5) is 0 Å². The van der Waals surface area contributed by atoms with Crippen molar-refractivity contribution in [2.24, 2.45) is 0 Å². The Kier molecular flexibility index (Phi) is 2.36. The van der Waals surface area contributed by atoms with Gasteiger partial charge in [-0.3, -0.25) is 0 Å². The second-order valence-electron chi connectivity index (χ2n) is 3.12. The van der Waals surface area contributed by atoms with Crippen LogP contribution < -0.4 is 10.4 Å². The highest BCUT2D eigenvalue weighted by Gasteiger charge is 2.12. The van der Waals surface area contributed by atoms with Gasteiger partial charge in [0.15, 0.2) is 0 Å². The van der Waals surface area contributed by atoms with E-state index < -0.39 is 17.4 Å². The Morgan fingerprint density at radius 3 is 2.75 bits per heavy atom. The van der Waals surface area contributed by atoms with E-state index in [0.717, 1.165) is 0 Å². The van der Waals surface area contributed by atoms with Gasteiger partial charge in [0.1, 0.15) is 5.75 Å². The molecule has 0 radical (unpaired) electrons. The number of fused-ring (bicyclic) bond motifs is 1. The lowest BCUT2D eigenvalue weighted by Gasteiger charge is -2.04. The lowest BCUT2D eigenvalue weighted by Crippen LogP contribution is -2.06. The van der Waals surface area contributed by atoms with Crippen LogP contribution in [-0.2, 0) is 0 Å². The molecular weight excluding hydrogens is 212 g/mol. The highest BCUT2D eigenvalue weighted by Crippen LogP contribution is 2.23. The normalized spacial score (nSPS) is 10.3. The number of benzene rings is 1. The van der Waals surface area contributed by atoms with E-state index in [1.54, 1.807) is 18.2 Å². The molecule has 82 valence electrons. The smallest absolute Gasteiger partial charge is 0.371 e. The third-order valence-corrected chi connectivity index (χ3v) is 2.19. The molecule has 1 aromatic carbocycles. The number of aromatic carboxylic acids is 1. The molecule has 1 heterocycles. The number of methoxy groups -OCH3 is 1. The molecule has 0 saturated heterocycles. The second-order valence-corrected chi connectivity index (χ2v) is 3.12. The third kappa shape index (κ3) is 1.52. The molecule has 16 heavy (non-hydrogen) atoms. The summed E-state index contributed by atoms with van der Waals surface area (Å²) in [4.78, 5) is 22.2. The Morgan fingerprint density at radius 1 is 1.38 bits per heavy atom. The number of hydrogen-bond donors (Lipinski definition) is 1. The van der Waals surface area contributed by atoms with E-state index in [0.29, 0.717) is 16.5 Å². The van der Waals surface area contributed by atoms with E-state index in [4.69, 9.17) is 9.84 Å². The first-order valence-corrected chi connectivity index (χ1v) is 4.47. The van der Waals surface area contributed by atoms with Gasteiger partial charge in [-0.25, -0.2) is 9.59 Å². The maximum Gasteiger partial charge on any atom is 0.371 e. The fourth-order valence-electron chi connectivity index (χ4n) is 1.47. The molecule has 0 spiro atoms. The molecule has 0 fully saturated rings. The predicted molar refractivity (Wildman–Crippen MR) is 56.0 cm³/mol. The number of rotatable bonds is 2. The average molecular weight is 220 g/mol. The Balaban J connectivity index is 2.88. The first-order chi connectivity index (χ1) is 7.63. The van der Waals surface area contributed by atoms with Gasteiger partial charge in [-0.15, -0.1) is 0 Å². The van der Waals surface area contributed by atoms with Gasteiger partial charge in [0.25, 0.3) is 0 Å². The van der Waals surface area contributed by atoms with Crippen LogP contribution in [0.1, 0.15) is 10.6 Å². The van der Waals surface area contributed by atoms with Gasteiger partial charge >= 0.3 is 11.6 Å². The molecule has 2 rings (SSSR count). The van der Waals surface area contributed by atoms with Crippen molar-refractivity contribution >= 4 is 16.7 Å². The van der Waals surface area contributed by atoms with E-state index in [-0.39, 0.29) is 0 Å². The SMILES string of the molecule is COc1cccc2c(=O)oc(C(=O)O)cc12. The van der Waals surface area contributed by atoms with Gasteiger partial charge in [-0.2, -0.15) is 0 Å². The Morgan fingerprint density at radius 2 is 2.12 bits per heavy atom. The zero-order valence-electron chi connectivity index (χ0n) is 8.39. The fourth-order valence-corrected chi connectivity index (χ4v) is 1.47. The van der Waals surface area contributed by atoms with Crippen molar-refractivity contribution in [3.8, 4) is 5.75 Å². The van der Waals surface area contributed by atoms with Crippen LogP contribution in [0.25, 0.3) is 10.8 Å². The molecule has 5 heteroatoms. The molecule has 0 amide bonds. The van der Waals surface area contributed by atoms with Crippen LogP contribution in [-0.4, -0.2) is 18.2 Å². The van der Waals surface area contributed by atoms with Gasteiger partial charge in [-0.1, -0.05) is 6.07 Å². The lowest BCUT2D eigenvalue weighted by atomic mass is 10.1. The molecule has 0 bridgehead atoms. The van der Waals surface area contributed by atoms with Crippen LogP contribution in [0.15, 0.2) is 33.5 Å². The van der Waals surface area contributed by atoms with Crippen molar-refractivity contribution in [2.75, 3.05) is 7.11 Å². The van der Waals surface area contributed by atoms with E-state index >= 15 is 0 Å². The molecule has 2 aromatic rings.